The lowest BCUT2D eigenvalue weighted by molar-refractivity contribution is 0.415. The van der Waals surface area contributed by atoms with Gasteiger partial charge in [0.15, 0.2) is 0 Å². The van der Waals surface area contributed by atoms with Crippen LogP contribution in [0.4, 0.5) is 0 Å². The highest BCUT2D eigenvalue weighted by atomic mass is 32.1. The number of methoxy groups -OCH3 is 1. The fraction of sp³-hybridized carbons (Fsp3) is 0.0909. The van der Waals surface area contributed by atoms with Gasteiger partial charge in [-0.25, -0.2) is 4.98 Å². The summed E-state index contributed by atoms with van der Waals surface area (Å²) in [4.78, 5) is 4.26. The summed E-state index contributed by atoms with van der Waals surface area (Å²) < 4.78 is 5.21. The van der Waals surface area contributed by atoms with Gasteiger partial charge in [-0.15, -0.1) is 11.3 Å². The van der Waals surface area contributed by atoms with E-state index in [-0.39, 0.29) is 0 Å². The minimum absolute atomic E-state index is 0.826. The molecule has 0 aliphatic rings. The van der Waals surface area contributed by atoms with Gasteiger partial charge in [0, 0.05) is 17.0 Å². The van der Waals surface area contributed by atoms with Crippen LogP contribution >= 0.6 is 11.3 Å². The molecular formula is C11H9N3OS. The Morgan fingerprint density at radius 2 is 2.31 bits per heavy atom. The van der Waals surface area contributed by atoms with E-state index in [4.69, 9.17) is 4.74 Å². The predicted octanol–water partition coefficient (Wildman–Crippen LogP) is 2.70. The van der Waals surface area contributed by atoms with Crippen molar-refractivity contribution >= 4 is 22.2 Å². The quantitative estimate of drug-likeness (QED) is 0.737. The Morgan fingerprint density at radius 1 is 1.38 bits per heavy atom. The van der Waals surface area contributed by atoms with Crippen LogP contribution in [-0.2, 0) is 0 Å². The minimum Gasteiger partial charge on any atom is -0.497 e. The molecule has 0 aliphatic carbocycles. The molecular weight excluding hydrogens is 222 g/mol. The molecule has 4 nitrogen and oxygen atoms in total. The van der Waals surface area contributed by atoms with Crippen LogP contribution in [-0.4, -0.2) is 22.3 Å². The zero-order valence-electron chi connectivity index (χ0n) is 8.60. The Balaban J connectivity index is 2.25. The first-order chi connectivity index (χ1) is 7.88. The summed E-state index contributed by atoms with van der Waals surface area (Å²) in [5, 5.41) is 11.2. The van der Waals surface area contributed by atoms with Crippen LogP contribution in [0, 0.1) is 0 Å². The first kappa shape index (κ1) is 9.35. The third-order valence-corrected chi connectivity index (χ3v) is 3.18. The van der Waals surface area contributed by atoms with Gasteiger partial charge in [0.05, 0.1) is 12.6 Å². The van der Waals surface area contributed by atoms with E-state index in [1.807, 2.05) is 23.6 Å². The Hall–Kier alpha value is -1.88. The molecule has 0 spiro atoms. The van der Waals surface area contributed by atoms with E-state index in [1.165, 1.54) is 0 Å². The number of nitrogens with zero attached hydrogens (tertiary/aromatic N) is 2. The van der Waals surface area contributed by atoms with Crippen LogP contribution in [0.3, 0.4) is 0 Å². The Kier molecular flexibility index (Phi) is 2.11. The summed E-state index contributed by atoms with van der Waals surface area (Å²) >= 11 is 1.57. The summed E-state index contributed by atoms with van der Waals surface area (Å²) in [5.74, 6) is 0.826. The van der Waals surface area contributed by atoms with Crippen LogP contribution < -0.4 is 4.74 Å². The van der Waals surface area contributed by atoms with E-state index in [1.54, 1.807) is 24.6 Å². The number of hydrogen-bond acceptors (Lipinski definition) is 4. The lowest BCUT2D eigenvalue weighted by atomic mass is 10.2. The lowest BCUT2D eigenvalue weighted by Gasteiger charge is -1.98. The molecule has 0 aliphatic heterocycles. The zero-order valence-corrected chi connectivity index (χ0v) is 9.41. The van der Waals surface area contributed by atoms with Crippen molar-refractivity contribution in [1.82, 2.24) is 15.2 Å². The van der Waals surface area contributed by atoms with Crippen LogP contribution in [0.2, 0.25) is 0 Å². The molecule has 5 heteroatoms. The third-order valence-electron chi connectivity index (χ3n) is 2.40. The van der Waals surface area contributed by atoms with Gasteiger partial charge in [0.1, 0.15) is 16.5 Å². The molecule has 2 heterocycles. The molecule has 0 saturated carbocycles. The average Bonchev–Trinajstić information content (AvgIpc) is 2.96. The Labute approximate surface area is 95.9 Å². The number of nitrogens with one attached hydrogen (secondary N) is 1. The normalized spacial score (nSPS) is 10.8. The van der Waals surface area contributed by atoms with Gasteiger partial charge in [-0.3, -0.25) is 5.10 Å². The van der Waals surface area contributed by atoms with Gasteiger partial charge < -0.3 is 4.74 Å². The van der Waals surface area contributed by atoms with Crippen LogP contribution in [0.5, 0.6) is 5.75 Å². The molecule has 0 saturated heterocycles. The summed E-state index contributed by atoms with van der Waals surface area (Å²) in [6, 6.07) is 5.83. The maximum absolute atomic E-state index is 5.21. The summed E-state index contributed by atoms with van der Waals surface area (Å²) in [6.07, 6.45) is 1.78. The van der Waals surface area contributed by atoms with Crippen molar-refractivity contribution in [2.75, 3.05) is 7.11 Å². The molecule has 80 valence electrons. The van der Waals surface area contributed by atoms with E-state index >= 15 is 0 Å². The van der Waals surface area contributed by atoms with Gasteiger partial charge in [-0.2, -0.15) is 5.10 Å². The first-order valence-electron chi connectivity index (χ1n) is 4.80. The highest BCUT2D eigenvalue weighted by Crippen LogP contribution is 2.29. The van der Waals surface area contributed by atoms with Crippen molar-refractivity contribution in [2.24, 2.45) is 0 Å². The Bertz CT molecular complexity index is 615. The second-order valence-corrected chi connectivity index (χ2v) is 4.22. The molecule has 1 aromatic carbocycles. The number of ether oxygens (including phenoxy) is 1. The monoisotopic (exact) mass is 231 g/mol. The number of benzene rings is 1. The SMILES string of the molecule is COc1ccc2[nH]nc(-c3nccs3)c2c1. The maximum Gasteiger partial charge on any atom is 0.144 e. The fourth-order valence-electron chi connectivity index (χ4n) is 1.62. The molecule has 3 aromatic rings. The average molecular weight is 231 g/mol. The number of fused-ring (bicyclic) bond motifs is 1. The standard InChI is InChI=1S/C11H9N3OS/c1-15-7-2-3-9-8(6-7)10(14-13-9)11-12-4-5-16-11/h2-6H,1H3,(H,13,14). The molecule has 2 aromatic heterocycles. The molecule has 3 rings (SSSR count). The van der Waals surface area contributed by atoms with Crippen molar-refractivity contribution in [3.8, 4) is 16.5 Å². The zero-order chi connectivity index (χ0) is 11.0. The van der Waals surface area contributed by atoms with E-state index in [0.29, 0.717) is 0 Å². The molecule has 0 radical (unpaired) electrons. The first-order valence-corrected chi connectivity index (χ1v) is 5.68. The second kappa shape index (κ2) is 3.61. The summed E-state index contributed by atoms with van der Waals surface area (Å²) in [5.41, 5.74) is 1.87. The fourth-order valence-corrected chi connectivity index (χ4v) is 2.26. The van der Waals surface area contributed by atoms with E-state index in [2.05, 4.69) is 15.2 Å². The Morgan fingerprint density at radius 3 is 3.06 bits per heavy atom. The van der Waals surface area contributed by atoms with Gasteiger partial charge >= 0.3 is 0 Å². The molecule has 0 amide bonds. The molecule has 1 N–H and O–H groups in total. The number of rotatable bonds is 2. The van der Waals surface area contributed by atoms with Crippen LogP contribution in [0.25, 0.3) is 21.6 Å². The van der Waals surface area contributed by atoms with Crippen molar-refractivity contribution in [3.63, 3.8) is 0 Å². The molecule has 0 fully saturated rings. The van der Waals surface area contributed by atoms with E-state index < -0.39 is 0 Å². The highest BCUT2D eigenvalue weighted by Gasteiger charge is 2.10. The smallest absolute Gasteiger partial charge is 0.144 e. The molecule has 0 unspecified atom stereocenters. The van der Waals surface area contributed by atoms with Crippen molar-refractivity contribution in [1.29, 1.82) is 0 Å². The molecule has 0 bridgehead atoms. The molecule has 16 heavy (non-hydrogen) atoms. The van der Waals surface area contributed by atoms with Crippen molar-refractivity contribution < 1.29 is 4.74 Å². The predicted molar refractivity (Wildman–Crippen MR) is 63.8 cm³/mol. The number of H-pyrrole nitrogens is 1. The van der Waals surface area contributed by atoms with Gasteiger partial charge in [0.2, 0.25) is 0 Å². The second-order valence-electron chi connectivity index (χ2n) is 3.32. The van der Waals surface area contributed by atoms with E-state index in [0.717, 1.165) is 27.4 Å². The summed E-state index contributed by atoms with van der Waals surface area (Å²) in [7, 11) is 1.66. The van der Waals surface area contributed by atoms with Crippen molar-refractivity contribution in [3.05, 3.63) is 29.8 Å². The third kappa shape index (κ3) is 1.37. The largest absolute Gasteiger partial charge is 0.497 e. The van der Waals surface area contributed by atoms with Crippen LogP contribution in [0.1, 0.15) is 0 Å². The highest BCUT2D eigenvalue weighted by molar-refractivity contribution is 7.13. The molecule has 0 atom stereocenters. The number of hydrogen-bond donors (Lipinski definition) is 1. The topological polar surface area (TPSA) is 50.8 Å². The maximum atomic E-state index is 5.21. The number of aromatic amines is 1. The summed E-state index contributed by atoms with van der Waals surface area (Å²) in [6.45, 7) is 0. The van der Waals surface area contributed by atoms with Crippen molar-refractivity contribution in [2.45, 2.75) is 0 Å². The van der Waals surface area contributed by atoms with Gasteiger partial charge in [0.25, 0.3) is 0 Å². The minimum atomic E-state index is 0.826. The van der Waals surface area contributed by atoms with Crippen LogP contribution in [0.15, 0.2) is 29.8 Å². The number of thiazole rings is 1. The number of aromatic nitrogens is 3. The van der Waals surface area contributed by atoms with E-state index in [9.17, 15) is 0 Å². The van der Waals surface area contributed by atoms with Gasteiger partial charge in [-0.1, -0.05) is 0 Å². The van der Waals surface area contributed by atoms with Gasteiger partial charge in [-0.05, 0) is 18.2 Å². The lowest BCUT2D eigenvalue weighted by Crippen LogP contribution is -1.81.